The van der Waals surface area contributed by atoms with Gasteiger partial charge in [0.05, 0.1) is 18.4 Å². The van der Waals surface area contributed by atoms with Gasteiger partial charge in [-0.05, 0) is 16.8 Å². The van der Waals surface area contributed by atoms with Crippen LogP contribution in [0, 0.1) is 10.8 Å². The van der Waals surface area contributed by atoms with Gasteiger partial charge in [0.25, 0.3) is 5.91 Å². The van der Waals surface area contributed by atoms with Crippen LogP contribution in [0.15, 0.2) is 6.20 Å². The van der Waals surface area contributed by atoms with E-state index in [1.54, 1.807) is 4.90 Å². The zero-order valence-corrected chi connectivity index (χ0v) is 8.97. The van der Waals surface area contributed by atoms with Crippen LogP contribution in [0.3, 0.4) is 0 Å². The number of hydrogen-bond donors (Lipinski definition) is 1. The van der Waals surface area contributed by atoms with Crippen molar-refractivity contribution in [3.05, 3.63) is 17.5 Å². The molecule has 4 nitrogen and oxygen atoms in total. The van der Waals surface area contributed by atoms with Crippen LogP contribution in [0.25, 0.3) is 0 Å². The number of rotatable bonds is 0. The molecule has 0 spiro atoms. The van der Waals surface area contributed by atoms with E-state index >= 15 is 0 Å². The van der Waals surface area contributed by atoms with Crippen molar-refractivity contribution in [3.8, 4) is 10.8 Å². The first kappa shape index (κ1) is 9.28. The molecular weight excluding hydrogens is 246 g/mol. The average molecular weight is 254 g/mol. The average Bonchev–Trinajstić information content (AvgIpc) is 2.64. The lowest BCUT2D eigenvalue weighted by molar-refractivity contribution is -0.126. The van der Waals surface area contributed by atoms with Gasteiger partial charge in [0.1, 0.15) is 0 Å². The SMILES string of the molecule is O=C(C#CBr)N1CCc2cn[nH]c2C1. The molecule has 1 aliphatic rings. The summed E-state index contributed by atoms with van der Waals surface area (Å²) in [6.07, 6.45) is 2.66. The number of fused-ring (bicyclic) bond motifs is 1. The Bertz CT molecular complexity index is 415. The molecule has 0 saturated carbocycles. The molecule has 0 aliphatic carbocycles. The summed E-state index contributed by atoms with van der Waals surface area (Å²) < 4.78 is 0. The number of nitrogens with one attached hydrogen (secondary N) is 1. The molecule has 72 valence electrons. The van der Waals surface area contributed by atoms with Gasteiger partial charge in [0.2, 0.25) is 0 Å². The number of halogens is 1. The van der Waals surface area contributed by atoms with Crippen molar-refractivity contribution in [3.63, 3.8) is 0 Å². The molecule has 0 atom stereocenters. The van der Waals surface area contributed by atoms with Crippen molar-refractivity contribution in [2.45, 2.75) is 13.0 Å². The summed E-state index contributed by atoms with van der Waals surface area (Å²) >= 11 is 2.91. The number of carbonyl (C=O) groups is 1. The molecule has 2 heterocycles. The Morgan fingerprint density at radius 1 is 1.71 bits per heavy atom. The third-order valence-corrected chi connectivity index (χ3v) is 2.45. The highest BCUT2D eigenvalue weighted by atomic mass is 79.9. The van der Waals surface area contributed by atoms with Crippen molar-refractivity contribution in [1.29, 1.82) is 0 Å². The van der Waals surface area contributed by atoms with Gasteiger partial charge in [0, 0.05) is 28.4 Å². The summed E-state index contributed by atoms with van der Waals surface area (Å²) in [7, 11) is 0. The number of carbonyl (C=O) groups excluding carboxylic acids is 1. The Morgan fingerprint density at radius 2 is 2.57 bits per heavy atom. The highest BCUT2D eigenvalue weighted by Gasteiger charge is 2.20. The second-order valence-corrected chi connectivity index (χ2v) is 3.47. The smallest absolute Gasteiger partial charge is 0.299 e. The maximum atomic E-state index is 11.4. The van der Waals surface area contributed by atoms with E-state index in [0.29, 0.717) is 13.1 Å². The summed E-state index contributed by atoms with van der Waals surface area (Å²) in [6.45, 7) is 1.29. The van der Waals surface area contributed by atoms with Crippen LogP contribution < -0.4 is 0 Å². The number of nitrogens with zero attached hydrogens (tertiary/aromatic N) is 2. The summed E-state index contributed by atoms with van der Waals surface area (Å²) in [5.41, 5.74) is 2.21. The summed E-state index contributed by atoms with van der Waals surface area (Å²) in [4.78, 5) is 15.5. The molecule has 1 aliphatic heterocycles. The highest BCUT2D eigenvalue weighted by Crippen LogP contribution is 2.15. The molecule has 0 saturated heterocycles. The largest absolute Gasteiger partial charge is 0.326 e. The number of H-pyrrole nitrogens is 1. The monoisotopic (exact) mass is 253 g/mol. The first-order chi connectivity index (χ1) is 6.81. The fourth-order valence-corrected chi connectivity index (χ4v) is 1.68. The van der Waals surface area contributed by atoms with E-state index in [1.165, 1.54) is 5.56 Å². The van der Waals surface area contributed by atoms with Crippen molar-refractivity contribution >= 4 is 21.8 Å². The van der Waals surface area contributed by atoms with E-state index < -0.39 is 0 Å². The quantitative estimate of drug-likeness (QED) is 0.691. The van der Waals surface area contributed by atoms with E-state index in [1.807, 2.05) is 6.20 Å². The molecular formula is C9H8BrN3O. The topological polar surface area (TPSA) is 49.0 Å². The molecule has 0 radical (unpaired) electrons. The fourth-order valence-electron chi connectivity index (χ4n) is 1.51. The van der Waals surface area contributed by atoms with Crippen molar-refractivity contribution < 1.29 is 4.79 Å². The van der Waals surface area contributed by atoms with Crippen LogP contribution in [0.5, 0.6) is 0 Å². The van der Waals surface area contributed by atoms with Gasteiger partial charge in [-0.15, -0.1) is 0 Å². The van der Waals surface area contributed by atoms with Gasteiger partial charge < -0.3 is 4.90 Å². The molecule has 1 aromatic heterocycles. The minimum Gasteiger partial charge on any atom is -0.326 e. The Balaban J connectivity index is 2.13. The molecule has 0 bridgehead atoms. The zero-order valence-electron chi connectivity index (χ0n) is 7.38. The van der Waals surface area contributed by atoms with Crippen LogP contribution in [0.4, 0.5) is 0 Å². The minimum atomic E-state index is -0.151. The van der Waals surface area contributed by atoms with Crippen molar-refractivity contribution in [2.24, 2.45) is 0 Å². The molecule has 1 N–H and O–H groups in total. The lowest BCUT2D eigenvalue weighted by Crippen LogP contribution is -2.34. The van der Waals surface area contributed by atoms with Gasteiger partial charge in [0.15, 0.2) is 0 Å². The van der Waals surface area contributed by atoms with Gasteiger partial charge >= 0.3 is 0 Å². The van der Waals surface area contributed by atoms with E-state index in [4.69, 9.17) is 0 Å². The molecule has 1 amide bonds. The molecule has 0 unspecified atom stereocenters. The third kappa shape index (κ3) is 1.66. The molecule has 5 heteroatoms. The van der Waals surface area contributed by atoms with Crippen molar-refractivity contribution in [2.75, 3.05) is 6.54 Å². The number of hydrogen-bond acceptors (Lipinski definition) is 2. The van der Waals surface area contributed by atoms with Crippen LogP contribution in [-0.2, 0) is 17.8 Å². The van der Waals surface area contributed by atoms with E-state index in [2.05, 4.69) is 36.9 Å². The van der Waals surface area contributed by atoms with Crippen molar-refractivity contribution in [1.82, 2.24) is 15.1 Å². The molecule has 14 heavy (non-hydrogen) atoms. The van der Waals surface area contributed by atoms with Crippen LogP contribution in [-0.4, -0.2) is 27.5 Å². The summed E-state index contributed by atoms with van der Waals surface area (Å²) in [5.74, 6) is 2.31. The highest BCUT2D eigenvalue weighted by molar-refractivity contribution is 9.12. The second-order valence-electron chi connectivity index (χ2n) is 3.07. The molecule has 1 aromatic rings. The predicted molar refractivity (Wildman–Crippen MR) is 54.4 cm³/mol. The Labute approximate surface area is 89.8 Å². The Kier molecular flexibility index (Phi) is 2.55. The van der Waals surface area contributed by atoms with Gasteiger partial charge in [-0.3, -0.25) is 9.89 Å². The Morgan fingerprint density at radius 3 is 3.36 bits per heavy atom. The normalized spacial score (nSPS) is 14.2. The molecule has 0 aromatic carbocycles. The maximum Gasteiger partial charge on any atom is 0.299 e. The number of aromatic nitrogens is 2. The first-order valence-corrected chi connectivity index (χ1v) is 5.02. The second kappa shape index (κ2) is 3.84. The molecule has 2 rings (SSSR count). The standard InChI is InChI=1S/C9H8BrN3O/c10-3-1-9(14)13-4-2-7-5-11-12-8(7)6-13/h5H,2,4,6H2,(H,11,12). The van der Waals surface area contributed by atoms with E-state index in [9.17, 15) is 4.79 Å². The lowest BCUT2D eigenvalue weighted by Gasteiger charge is -2.24. The van der Waals surface area contributed by atoms with E-state index in [0.717, 1.165) is 12.1 Å². The minimum absolute atomic E-state index is 0.151. The lowest BCUT2D eigenvalue weighted by atomic mass is 10.1. The predicted octanol–water partition coefficient (Wildman–Crippen LogP) is 0.650. The summed E-state index contributed by atoms with van der Waals surface area (Å²) in [5, 5.41) is 6.82. The van der Waals surface area contributed by atoms with Gasteiger partial charge in [-0.1, -0.05) is 0 Å². The third-order valence-electron chi connectivity index (χ3n) is 2.25. The maximum absolute atomic E-state index is 11.4. The number of amides is 1. The zero-order chi connectivity index (χ0) is 9.97. The van der Waals surface area contributed by atoms with Crippen LogP contribution in [0.1, 0.15) is 11.3 Å². The van der Waals surface area contributed by atoms with Gasteiger partial charge in [-0.25, -0.2) is 0 Å². The first-order valence-electron chi connectivity index (χ1n) is 4.23. The molecule has 0 fully saturated rings. The Hall–Kier alpha value is -1.28. The van der Waals surface area contributed by atoms with E-state index in [-0.39, 0.29) is 5.91 Å². The number of aromatic amines is 1. The van der Waals surface area contributed by atoms with Crippen LogP contribution >= 0.6 is 15.9 Å². The van der Waals surface area contributed by atoms with Crippen LogP contribution in [0.2, 0.25) is 0 Å². The summed E-state index contributed by atoms with van der Waals surface area (Å²) in [6, 6.07) is 0. The fraction of sp³-hybridized carbons (Fsp3) is 0.333. The van der Waals surface area contributed by atoms with Gasteiger partial charge in [-0.2, -0.15) is 5.10 Å².